The summed E-state index contributed by atoms with van der Waals surface area (Å²) in [6.45, 7) is 40.6. The monoisotopic (exact) mass is 1710 g/mol. The number of rotatable bonds is 23. The lowest BCUT2D eigenvalue weighted by molar-refractivity contribution is -0.123. The van der Waals surface area contributed by atoms with Gasteiger partial charge in [0.1, 0.15) is 5.82 Å². The van der Waals surface area contributed by atoms with E-state index < -0.39 is 22.7 Å². The highest BCUT2D eigenvalue weighted by Gasteiger charge is 2.32. The Morgan fingerprint density at radius 1 is 0.564 bits per heavy atom. The van der Waals surface area contributed by atoms with Gasteiger partial charge in [-0.15, -0.1) is 0 Å². The van der Waals surface area contributed by atoms with E-state index in [0.717, 1.165) is 153 Å². The molecule has 1 unspecified atom stereocenters. The number of sulfonamides is 1. The van der Waals surface area contributed by atoms with Crippen LogP contribution in [0.2, 0.25) is 0 Å². The zero-order valence-corrected chi connectivity index (χ0v) is 77.1. The van der Waals surface area contributed by atoms with Gasteiger partial charge < -0.3 is 103 Å². The van der Waals surface area contributed by atoms with E-state index in [4.69, 9.17) is 9.84 Å². The Morgan fingerprint density at radius 3 is 1.34 bits per heavy atom. The van der Waals surface area contributed by atoms with Gasteiger partial charge in [0, 0.05) is 252 Å². The molecule has 7 aliphatic heterocycles. The summed E-state index contributed by atoms with van der Waals surface area (Å²) in [7, 11) is 24.1. The number of nitrogens with one attached hydrogen (secondary N) is 12. The average Bonchev–Trinajstić information content (AvgIpc) is 1.73. The summed E-state index contributed by atoms with van der Waals surface area (Å²) in [5, 5.41) is 56.7. The summed E-state index contributed by atoms with van der Waals surface area (Å²) in [6.07, 6.45) is 16.8. The summed E-state index contributed by atoms with van der Waals surface area (Å²) in [5.74, 6) is 3.77. The van der Waals surface area contributed by atoms with Crippen molar-refractivity contribution in [2.75, 3.05) is 334 Å². The van der Waals surface area contributed by atoms with Crippen LogP contribution in [0.1, 0.15) is 59.8 Å². The number of likely N-dealkylation sites (N-methyl/N-ethyl adjacent to an activating group) is 7. The van der Waals surface area contributed by atoms with Gasteiger partial charge in [0.15, 0.2) is 0 Å². The van der Waals surface area contributed by atoms with Crippen molar-refractivity contribution in [3.63, 3.8) is 0 Å². The molecule has 11 heterocycles. The summed E-state index contributed by atoms with van der Waals surface area (Å²) < 4.78 is 67.2. The van der Waals surface area contributed by atoms with E-state index in [9.17, 15) is 26.4 Å². The smallest absolute Gasteiger partial charge is 0.394 e. The first-order valence-electron chi connectivity index (χ1n) is 42.0. The molecule has 4 aromatic rings. The number of nitrogens with zero attached hydrogens (tertiary/aromatic N) is 16. The summed E-state index contributed by atoms with van der Waals surface area (Å²) >= 11 is 2.06. The van der Waals surface area contributed by atoms with Crippen molar-refractivity contribution in [2.45, 2.75) is 109 Å². The molecule has 682 valence electrons. The number of ether oxygens (including phenoxy) is 1. The molecule has 0 spiro atoms. The third-order valence-corrected chi connectivity index (χ3v) is 21.8. The van der Waals surface area contributed by atoms with Crippen molar-refractivity contribution >= 4 is 50.6 Å². The molecule has 12 rings (SSSR count). The van der Waals surface area contributed by atoms with Crippen LogP contribution in [0.5, 0.6) is 0 Å². The number of alkyl halides is 3. The molecule has 0 radical (unpaired) electrons. The number of aliphatic hydroxyl groups excluding tert-OH is 1. The highest BCUT2D eigenvalue weighted by molar-refractivity contribution is 7.99. The molecule has 117 heavy (non-hydrogen) atoms. The quantitative estimate of drug-likeness (QED) is 0.0505. The Balaban J connectivity index is 0.000000643. The van der Waals surface area contributed by atoms with E-state index in [0.29, 0.717) is 25.7 Å². The van der Waals surface area contributed by atoms with Crippen LogP contribution in [-0.4, -0.2) is 435 Å². The maximum Gasteiger partial charge on any atom is 0.401 e. The lowest BCUT2D eigenvalue weighted by Crippen LogP contribution is -2.45. The third-order valence-electron chi connectivity index (χ3n) is 19.5. The van der Waals surface area contributed by atoms with E-state index in [1.165, 1.54) is 134 Å². The molecular formula is C79H163F3N28O5S2. The standard InChI is InChI=1S/C10H20N4.C10H15N3.C9H18N2.C7H14N4.C7H17N3.C7H16N2O.C6H11N3O.C6H14N2O2S.C6H14N2.C5H11NS.C3H6F3N.C3H7NO/c1-10(2,3)12-5-6-14-8-9(11-4)7-13-14;1-12-6-8-13(9-7-12)10-4-2-3-5-11-10;1-10-8-4-6-11(7-5-8)9-2-3-9;1-8-3-4-11-6-7(9-2)5-10-11;1-8-2-5-10-6-3-9-4-7-10;1-8-2-3-9-4-6-10-7-5-9;1-7-6-4-8-9(5-6)2-3-10;1-7-6-3-4-8(5-6)11(2,9)10;1-7-3-5-8(2)6-4-7;1-6-2-4-7-5-3-6;1-7-2-3(4,5)6;1-3(5)4-2/h7-8,11-12H,5-6H2,1-4H3;2-5H,6-9H2,1H3;8-10H,2-7H2,1H3;5-6,8-9H,3-4H2,1-2H3;8-9H,2-7H2,1H3;8H,2-7H2,1H3;4-5,7,10H,2-3H2,1H3;6-7H,3-5H2,1-2H3;3-6H2,1-2H3;2-5H2,1H3;7H,2H2,1H3;1-2H3,(H,4,5). The second-order valence-electron chi connectivity index (χ2n) is 30.7. The molecule has 0 bridgehead atoms. The molecular weight excluding hydrogens is 1540 g/mol. The van der Waals surface area contributed by atoms with Gasteiger partial charge in [-0.25, -0.2) is 17.7 Å². The Labute approximate surface area is 708 Å². The predicted octanol–water partition coefficient (Wildman–Crippen LogP) is 1.98. The number of hydrogen-bond donors (Lipinski definition) is 13. The third kappa shape index (κ3) is 60.1. The minimum atomic E-state index is -4.06. The minimum Gasteiger partial charge on any atom is -0.394 e. The number of piperazine rings is 3. The van der Waals surface area contributed by atoms with Crippen LogP contribution >= 0.6 is 11.8 Å². The van der Waals surface area contributed by atoms with E-state index in [2.05, 4.69) is 192 Å². The Kier molecular flexibility index (Phi) is 63.3. The second kappa shape index (κ2) is 67.4. The summed E-state index contributed by atoms with van der Waals surface area (Å²) in [6, 6.07) is 8.19. The molecule has 1 atom stereocenters. The number of aliphatic hydroxyl groups is 1. The van der Waals surface area contributed by atoms with Gasteiger partial charge in [0.05, 0.1) is 87.9 Å². The molecule has 4 aromatic heterocycles. The van der Waals surface area contributed by atoms with Crippen LogP contribution in [0.15, 0.2) is 61.6 Å². The van der Waals surface area contributed by atoms with Crippen molar-refractivity contribution in [1.82, 2.24) is 121 Å². The van der Waals surface area contributed by atoms with Gasteiger partial charge in [-0.05, 0) is 149 Å². The second-order valence-corrected chi connectivity index (χ2v) is 33.9. The Morgan fingerprint density at radius 2 is 1.00 bits per heavy atom. The molecule has 8 fully saturated rings. The van der Waals surface area contributed by atoms with E-state index in [1.807, 2.05) is 113 Å². The van der Waals surface area contributed by atoms with Crippen LogP contribution in [0.25, 0.3) is 0 Å². The number of morpholine rings is 1. The Bertz CT molecular complexity index is 3000. The van der Waals surface area contributed by atoms with Crippen molar-refractivity contribution in [2.24, 2.45) is 0 Å². The lowest BCUT2D eigenvalue weighted by atomic mass is 10.1. The SMILES string of the molecule is CN1CCN(C)CC1.CN1CCN(c2ccccn2)CC1.CN1CCSCC1.CNC(C)=O.CNC1CCN(C2CC2)CC1.CNC1CCN(S(C)(=O)=O)C1.CNCC(F)(F)F.CNCCN1CCNCC1.CNCCN1CCOCC1.CNCCn1cc(NC)cn1.CNc1cnn(CCNC(C)(C)C)c1.CNc1cnn(CCO)c1. The molecule has 13 N–H and O–H groups in total. The summed E-state index contributed by atoms with van der Waals surface area (Å²) in [5.41, 5.74) is 3.26. The van der Waals surface area contributed by atoms with E-state index in [-0.39, 0.29) is 18.1 Å². The maximum absolute atomic E-state index is 11.0. The first-order valence-corrected chi connectivity index (χ1v) is 45.0. The average molecular weight is 1710 g/mol. The molecule has 8 aliphatic rings. The number of halogens is 3. The number of likely N-dealkylation sites (tertiary alicyclic amines) is 1. The van der Waals surface area contributed by atoms with E-state index in [1.54, 1.807) is 17.9 Å². The number of pyridine rings is 1. The minimum absolute atomic E-state index is 0.00463. The fourth-order valence-corrected chi connectivity index (χ4v) is 13.6. The normalized spacial score (nSPS) is 18.6. The first-order chi connectivity index (χ1) is 55.9. The molecule has 1 aliphatic carbocycles. The molecule has 0 aromatic carbocycles. The topological polar surface area (TPSA) is 321 Å². The number of carbonyl (C=O) groups is 1. The number of hydrogen-bond acceptors (Lipinski definition) is 29. The zero-order chi connectivity index (χ0) is 87.1. The number of carbonyl (C=O) groups excluding carboxylic acids is 1. The van der Waals surface area contributed by atoms with Crippen LogP contribution in [0.4, 0.5) is 36.1 Å². The number of aromatic nitrogens is 7. The van der Waals surface area contributed by atoms with E-state index >= 15 is 0 Å². The molecule has 33 nitrogen and oxygen atoms in total. The number of anilines is 4. The van der Waals surface area contributed by atoms with Crippen molar-refractivity contribution < 1.29 is 36.2 Å². The van der Waals surface area contributed by atoms with Crippen molar-refractivity contribution in [3.8, 4) is 0 Å². The first kappa shape index (κ1) is 110. The molecule has 1 saturated carbocycles. The highest BCUT2D eigenvalue weighted by Crippen LogP contribution is 2.29. The number of piperidine rings is 1. The number of amides is 1. The van der Waals surface area contributed by atoms with Gasteiger partial charge in [0.25, 0.3) is 0 Å². The largest absolute Gasteiger partial charge is 0.401 e. The van der Waals surface area contributed by atoms with Gasteiger partial charge in [-0.2, -0.15) is 40.2 Å². The van der Waals surface area contributed by atoms with Gasteiger partial charge in [0.2, 0.25) is 15.9 Å². The van der Waals surface area contributed by atoms with Crippen molar-refractivity contribution in [3.05, 3.63) is 61.6 Å². The number of thioether (sulfide) groups is 1. The summed E-state index contributed by atoms with van der Waals surface area (Å²) in [4.78, 5) is 33.4. The van der Waals surface area contributed by atoms with Gasteiger partial charge >= 0.3 is 6.18 Å². The van der Waals surface area contributed by atoms with Crippen LogP contribution in [0.3, 0.4) is 0 Å². The predicted molar refractivity (Wildman–Crippen MR) is 483 cm³/mol. The highest BCUT2D eigenvalue weighted by atomic mass is 32.2. The lowest BCUT2D eigenvalue weighted by Gasteiger charge is -2.33. The molecule has 1 amide bonds. The molecule has 38 heteroatoms. The zero-order valence-electron chi connectivity index (χ0n) is 75.5. The fraction of sp³-hybridized carbons (Fsp3) is 0.810. The Hall–Kier alpha value is -5.18. The van der Waals surface area contributed by atoms with Crippen LogP contribution in [-0.2, 0) is 39.2 Å². The van der Waals surface area contributed by atoms with Gasteiger partial charge in [-0.3, -0.25) is 28.6 Å². The van der Waals surface area contributed by atoms with Crippen LogP contribution < -0.4 is 68.7 Å². The van der Waals surface area contributed by atoms with Gasteiger partial charge in [-0.1, -0.05) is 6.07 Å². The van der Waals surface area contributed by atoms with Crippen LogP contribution in [0, 0.1) is 0 Å². The fourth-order valence-electron chi connectivity index (χ4n) is 11.6. The maximum atomic E-state index is 11.0. The van der Waals surface area contributed by atoms with Crippen molar-refractivity contribution in [1.29, 1.82) is 0 Å². The molecule has 7 saturated heterocycles.